The van der Waals surface area contributed by atoms with Gasteiger partial charge in [-0.25, -0.2) is 13.1 Å². The predicted octanol–water partition coefficient (Wildman–Crippen LogP) is -0.0817. The molecule has 0 aliphatic heterocycles. The topological polar surface area (TPSA) is 83.3 Å². The van der Waals surface area contributed by atoms with Gasteiger partial charge in [-0.1, -0.05) is 12.1 Å². The zero-order valence-electron chi connectivity index (χ0n) is 11.4. The highest BCUT2D eigenvalue weighted by Gasteiger charge is 2.01. The first-order chi connectivity index (χ1) is 9.01. The third-order valence-electron chi connectivity index (χ3n) is 2.38. The maximum absolute atomic E-state index is 10.8. The molecule has 0 spiro atoms. The van der Waals surface area contributed by atoms with Crippen LogP contribution in [0.25, 0.3) is 0 Å². The monoisotopic (exact) mass is 291 g/mol. The summed E-state index contributed by atoms with van der Waals surface area (Å²) in [4.78, 5) is 0. The summed E-state index contributed by atoms with van der Waals surface area (Å²) in [6.07, 6.45) is 3.95. The first-order valence-corrected chi connectivity index (χ1v) is 8.29. The van der Waals surface area contributed by atoms with Gasteiger partial charge in [0.2, 0.25) is 0 Å². The second-order valence-electron chi connectivity index (χ2n) is 4.18. The van der Waals surface area contributed by atoms with E-state index in [0.29, 0.717) is 26.4 Å². The lowest BCUT2D eigenvalue weighted by Gasteiger charge is -2.05. The molecule has 0 fully saturated rings. The van der Waals surface area contributed by atoms with Gasteiger partial charge in [-0.05, 0) is 6.42 Å². The molecule has 110 valence electrons. The van der Waals surface area contributed by atoms with Crippen molar-refractivity contribution in [3.63, 3.8) is 0 Å². The van der Waals surface area contributed by atoms with Crippen molar-refractivity contribution in [2.24, 2.45) is 0 Å². The number of rotatable bonds is 10. The first-order valence-electron chi connectivity index (χ1n) is 6.23. The largest absolute Gasteiger partial charge is 0.378 e. The van der Waals surface area contributed by atoms with Gasteiger partial charge in [0.1, 0.15) is 9.84 Å². The van der Waals surface area contributed by atoms with E-state index in [1.807, 2.05) is 13.1 Å². The van der Waals surface area contributed by atoms with Crippen molar-refractivity contribution >= 4 is 9.84 Å². The number of aromatic nitrogens is 3. The molecule has 7 nitrogen and oxygen atoms in total. The summed E-state index contributed by atoms with van der Waals surface area (Å²) in [5.41, 5.74) is 0.962. The predicted molar refractivity (Wildman–Crippen MR) is 70.7 cm³/mol. The van der Waals surface area contributed by atoms with E-state index in [4.69, 9.17) is 9.47 Å². The summed E-state index contributed by atoms with van der Waals surface area (Å²) in [5, 5.41) is 7.92. The van der Waals surface area contributed by atoms with Crippen LogP contribution >= 0.6 is 0 Å². The molecule has 0 aliphatic carbocycles. The third kappa shape index (κ3) is 7.91. The van der Waals surface area contributed by atoms with E-state index >= 15 is 0 Å². The molecule has 1 heterocycles. The molecule has 1 aromatic heterocycles. The van der Waals surface area contributed by atoms with Gasteiger partial charge >= 0.3 is 0 Å². The van der Waals surface area contributed by atoms with Crippen molar-refractivity contribution < 1.29 is 17.9 Å². The Balaban J connectivity index is 1.96. The maximum Gasteiger partial charge on any atom is 0.149 e. The van der Waals surface area contributed by atoms with Gasteiger partial charge in [0, 0.05) is 12.5 Å². The van der Waals surface area contributed by atoms with Crippen LogP contribution in [-0.4, -0.2) is 61.8 Å². The molecule has 0 aliphatic rings. The van der Waals surface area contributed by atoms with Crippen LogP contribution < -0.4 is 0 Å². The zero-order chi connectivity index (χ0) is 14.1. The van der Waals surface area contributed by atoms with Gasteiger partial charge in [0.25, 0.3) is 0 Å². The van der Waals surface area contributed by atoms with Gasteiger partial charge in [0.05, 0.1) is 44.4 Å². The van der Waals surface area contributed by atoms with Crippen LogP contribution in [0.3, 0.4) is 0 Å². The highest BCUT2D eigenvalue weighted by atomic mass is 32.2. The lowest BCUT2D eigenvalue weighted by molar-refractivity contribution is 0.0492. The average molecular weight is 291 g/mol. The van der Waals surface area contributed by atoms with Crippen LogP contribution in [0, 0.1) is 0 Å². The van der Waals surface area contributed by atoms with Gasteiger partial charge < -0.3 is 9.47 Å². The molecule has 1 rings (SSSR count). The summed E-state index contributed by atoms with van der Waals surface area (Å²) >= 11 is 0. The van der Waals surface area contributed by atoms with Crippen molar-refractivity contribution in [3.05, 3.63) is 11.9 Å². The molecule has 0 atom stereocenters. The summed E-state index contributed by atoms with van der Waals surface area (Å²) in [6, 6.07) is 0. The van der Waals surface area contributed by atoms with Crippen molar-refractivity contribution in [1.82, 2.24) is 15.0 Å². The molecule has 0 aromatic carbocycles. The fraction of sp³-hybridized carbons (Fsp3) is 0.818. The summed E-state index contributed by atoms with van der Waals surface area (Å²) in [6.45, 7) is 4.26. The highest BCUT2D eigenvalue weighted by molar-refractivity contribution is 7.90. The SMILES string of the molecule is CCc1cn(CCOCCOCCS(C)(=O)=O)nn1. The summed E-state index contributed by atoms with van der Waals surface area (Å²) in [7, 11) is -2.94. The third-order valence-corrected chi connectivity index (χ3v) is 3.29. The van der Waals surface area contributed by atoms with Gasteiger partial charge in [0.15, 0.2) is 0 Å². The van der Waals surface area contributed by atoms with Crippen molar-refractivity contribution in [3.8, 4) is 0 Å². The van der Waals surface area contributed by atoms with Crippen LogP contribution in [0.15, 0.2) is 6.20 Å². The molecule has 0 amide bonds. The number of hydrogen-bond donors (Lipinski definition) is 0. The molecule has 0 N–H and O–H groups in total. The molecule has 0 saturated carbocycles. The minimum atomic E-state index is -2.94. The molecule has 0 saturated heterocycles. The van der Waals surface area contributed by atoms with Crippen molar-refractivity contribution in [2.45, 2.75) is 19.9 Å². The molecule has 0 radical (unpaired) electrons. The second-order valence-corrected chi connectivity index (χ2v) is 6.44. The average Bonchev–Trinajstić information content (AvgIpc) is 2.79. The standard InChI is InChI=1S/C11H21N3O4S/c1-3-11-10-14(13-12-11)4-5-17-6-7-18-8-9-19(2,15)16/h10H,3-9H2,1-2H3. The van der Waals surface area contributed by atoms with E-state index in [1.54, 1.807) is 4.68 Å². The molecule has 0 unspecified atom stereocenters. The molecular weight excluding hydrogens is 270 g/mol. The van der Waals surface area contributed by atoms with E-state index in [1.165, 1.54) is 6.26 Å². The van der Waals surface area contributed by atoms with Crippen LogP contribution in [0.5, 0.6) is 0 Å². The smallest absolute Gasteiger partial charge is 0.149 e. The Hall–Kier alpha value is -0.990. The minimum Gasteiger partial charge on any atom is -0.378 e. The van der Waals surface area contributed by atoms with Crippen LogP contribution in [-0.2, 0) is 32.3 Å². The fourth-order valence-corrected chi connectivity index (χ4v) is 1.72. The molecule has 0 bridgehead atoms. The second kappa shape index (κ2) is 8.23. The van der Waals surface area contributed by atoms with Crippen LogP contribution in [0.4, 0.5) is 0 Å². The van der Waals surface area contributed by atoms with Crippen LogP contribution in [0.1, 0.15) is 12.6 Å². The van der Waals surface area contributed by atoms with Crippen molar-refractivity contribution in [2.75, 3.05) is 38.4 Å². The lowest BCUT2D eigenvalue weighted by atomic mass is 10.4. The van der Waals surface area contributed by atoms with Crippen LogP contribution in [0.2, 0.25) is 0 Å². The number of nitrogens with zero attached hydrogens (tertiary/aromatic N) is 3. The summed E-state index contributed by atoms with van der Waals surface area (Å²) in [5.74, 6) is 0.0474. The minimum absolute atomic E-state index is 0.0474. The lowest BCUT2D eigenvalue weighted by Crippen LogP contribution is -2.14. The Morgan fingerprint density at radius 3 is 2.47 bits per heavy atom. The Kier molecular flexibility index (Phi) is 6.96. The van der Waals surface area contributed by atoms with E-state index < -0.39 is 9.84 Å². The van der Waals surface area contributed by atoms with E-state index in [2.05, 4.69) is 10.3 Å². The number of sulfone groups is 1. The van der Waals surface area contributed by atoms with E-state index in [0.717, 1.165) is 12.1 Å². The van der Waals surface area contributed by atoms with E-state index in [-0.39, 0.29) is 12.4 Å². The highest BCUT2D eigenvalue weighted by Crippen LogP contribution is 1.93. The quantitative estimate of drug-likeness (QED) is 0.561. The Morgan fingerprint density at radius 2 is 1.89 bits per heavy atom. The van der Waals surface area contributed by atoms with Gasteiger partial charge in [-0.15, -0.1) is 5.10 Å². The van der Waals surface area contributed by atoms with Crippen molar-refractivity contribution in [1.29, 1.82) is 0 Å². The fourth-order valence-electron chi connectivity index (χ4n) is 1.30. The Morgan fingerprint density at radius 1 is 1.21 bits per heavy atom. The van der Waals surface area contributed by atoms with Gasteiger partial charge in [-0.2, -0.15) is 0 Å². The maximum atomic E-state index is 10.8. The molecule has 1 aromatic rings. The normalized spacial score (nSPS) is 11.9. The van der Waals surface area contributed by atoms with Gasteiger partial charge in [-0.3, -0.25) is 0 Å². The summed E-state index contributed by atoms with van der Waals surface area (Å²) < 4.78 is 33.9. The number of ether oxygens (including phenoxy) is 2. The Labute approximate surface area is 113 Å². The zero-order valence-corrected chi connectivity index (χ0v) is 12.2. The molecular formula is C11H21N3O4S. The molecule has 8 heteroatoms. The number of hydrogen-bond acceptors (Lipinski definition) is 6. The Bertz CT molecular complexity index is 458. The first kappa shape index (κ1) is 16.1. The molecule has 19 heavy (non-hydrogen) atoms. The van der Waals surface area contributed by atoms with E-state index in [9.17, 15) is 8.42 Å². The number of aryl methyl sites for hydroxylation is 1.